The molecule has 3 heterocycles. The van der Waals surface area contributed by atoms with Gasteiger partial charge in [-0.05, 0) is 81.2 Å². The van der Waals surface area contributed by atoms with E-state index in [2.05, 4.69) is 191 Å². The standard InChI is InChI=1S/C52H30N2O/c1-2-12-31(13-3-1)32-14-10-15-33(30-32)53-43-22-8-6-18-36(43)39-24-25-42-49-45(28-29-47-50(49)41-19-7-9-23-46(41)55-47)54(52(42)51(39)53)44-27-26-38-35-17-5-4-16-34(35)37-20-11-21-40(44)48(37)38/h1-30H. The number of rotatable bonds is 3. The number of hydrogen-bond donors (Lipinski definition) is 0. The van der Waals surface area contributed by atoms with E-state index in [9.17, 15) is 0 Å². The Bertz CT molecular complexity index is 3570. The zero-order valence-electron chi connectivity index (χ0n) is 29.6. The molecule has 1 aliphatic carbocycles. The van der Waals surface area contributed by atoms with Crippen LogP contribution in [-0.4, -0.2) is 9.13 Å². The van der Waals surface area contributed by atoms with Crippen LogP contribution in [0.4, 0.5) is 0 Å². The van der Waals surface area contributed by atoms with Crippen LogP contribution in [0, 0.1) is 0 Å². The normalized spacial score (nSPS) is 12.4. The topological polar surface area (TPSA) is 23.0 Å². The van der Waals surface area contributed by atoms with Crippen LogP contribution in [0.2, 0.25) is 0 Å². The highest BCUT2D eigenvalue weighted by molar-refractivity contribution is 6.32. The lowest BCUT2D eigenvalue weighted by Crippen LogP contribution is -2.00. The fraction of sp³-hybridized carbons (Fsp3) is 0. The summed E-state index contributed by atoms with van der Waals surface area (Å²) in [6.07, 6.45) is 0. The monoisotopic (exact) mass is 698 g/mol. The minimum Gasteiger partial charge on any atom is -0.456 e. The van der Waals surface area contributed by atoms with Gasteiger partial charge in [0.15, 0.2) is 0 Å². The minimum atomic E-state index is 0.903. The van der Waals surface area contributed by atoms with Crippen molar-refractivity contribution in [1.82, 2.24) is 9.13 Å². The third-order valence-corrected chi connectivity index (χ3v) is 12.0. The maximum absolute atomic E-state index is 6.54. The van der Waals surface area contributed by atoms with Crippen LogP contribution < -0.4 is 0 Å². The maximum atomic E-state index is 6.54. The molecule has 0 atom stereocenters. The van der Waals surface area contributed by atoms with E-state index in [4.69, 9.17) is 4.42 Å². The highest BCUT2D eigenvalue weighted by Crippen LogP contribution is 2.51. The molecule has 0 bridgehead atoms. The van der Waals surface area contributed by atoms with E-state index in [0.29, 0.717) is 0 Å². The van der Waals surface area contributed by atoms with Crippen molar-refractivity contribution in [2.45, 2.75) is 0 Å². The maximum Gasteiger partial charge on any atom is 0.136 e. The highest BCUT2D eigenvalue weighted by Gasteiger charge is 2.27. The Hall–Kier alpha value is -7.36. The molecule has 0 N–H and O–H groups in total. The van der Waals surface area contributed by atoms with Gasteiger partial charge in [0.2, 0.25) is 0 Å². The predicted octanol–water partition coefficient (Wildman–Crippen LogP) is 14.2. The van der Waals surface area contributed by atoms with E-state index in [1.165, 1.54) is 87.9 Å². The van der Waals surface area contributed by atoms with Crippen LogP contribution in [0.25, 0.3) is 121 Å². The molecule has 12 aromatic rings. The molecule has 9 aromatic carbocycles. The lowest BCUT2D eigenvalue weighted by molar-refractivity contribution is 0.669. The molecule has 0 amide bonds. The highest BCUT2D eigenvalue weighted by atomic mass is 16.3. The van der Waals surface area contributed by atoms with Gasteiger partial charge in [0, 0.05) is 43.4 Å². The zero-order valence-corrected chi connectivity index (χ0v) is 29.6. The van der Waals surface area contributed by atoms with Crippen molar-refractivity contribution >= 4 is 76.3 Å². The van der Waals surface area contributed by atoms with Crippen molar-refractivity contribution in [3.8, 4) is 44.8 Å². The molecule has 0 saturated heterocycles. The minimum absolute atomic E-state index is 0.903. The fourth-order valence-corrected chi connectivity index (χ4v) is 9.81. The first-order chi connectivity index (χ1) is 27.3. The molecular weight excluding hydrogens is 669 g/mol. The number of benzene rings is 9. The quantitative estimate of drug-likeness (QED) is 0.180. The van der Waals surface area contributed by atoms with Crippen molar-refractivity contribution in [3.63, 3.8) is 0 Å². The Balaban J connectivity index is 1.25. The molecule has 254 valence electrons. The van der Waals surface area contributed by atoms with Gasteiger partial charge in [-0.2, -0.15) is 0 Å². The second kappa shape index (κ2) is 10.6. The van der Waals surface area contributed by atoms with E-state index in [-0.39, 0.29) is 0 Å². The number of hydrogen-bond acceptors (Lipinski definition) is 1. The van der Waals surface area contributed by atoms with Crippen molar-refractivity contribution in [2.75, 3.05) is 0 Å². The van der Waals surface area contributed by atoms with E-state index in [0.717, 1.165) is 33.1 Å². The molecule has 0 aliphatic heterocycles. The second-order valence-corrected chi connectivity index (χ2v) is 14.8. The van der Waals surface area contributed by atoms with Crippen LogP contribution in [0.1, 0.15) is 0 Å². The molecule has 3 heteroatoms. The van der Waals surface area contributed by atoms with Gasteiger partial charge in [-0.3, -0.25) is 0 Å². The summed E-state index contributed by atoms with van der Waals surface area (Å²) in [6, 6.07) is 66.5. The largest absolute Gasteiger partial charge is 0.456 e. The number of fused-ring (bicyclic) bond motifs is 14. The van der Waals surface area contributed by atoms with Crippen molar-refractivity contribution in [2.24, 2.45) is 0 Å². The van der Waals surface area contributed by atoms with Crippen molar-refractivity contribution < 1.29 is 4.42 Å². The van der Waals surface area contributed by atoms with Crippen molar-refractivity contribution in [1.29, 1.82) is 0 Å². The summed E-state index contributed by atoms with van der Waals surface area (Å²) in [4.78, 5) is 0. The Morgan fingerprint density at radius 2 is 1.00 bits per heavy atom. The summed E-state index contributed by atoms with van der Waals surface area (Å²) in [5.74, 6) is 0. The average Bonchev–Trinajstić information content (AvgIpc) is 3.99. The summed E-state index contributed by atoms with van der Waals surface area (Å²) in [7, 11) is 0. The molecule has 0 spiro atoms. The lowest BCUT2D eigenvalue weighted by atomic mass is 10.0. The number of furan rings is 1. The fourth-order valence-electron chi connectivity index (χ4n) is 9.81. The van der Waals surface area contributed by atoms with Gasteiger partial charge in [0.1, 0.15) is 11.2 Å². The summed E-state index contributed by atoms with van der Waals surface area (Å²) >= 11 is 0. The van der Waals surface area contributed by atoms with Gasteiger partial charge in [-0.1, -0.05) is 140 Å². The van der Waals surface area contributed by atoms with Crippen molar-refractivity contribution in [3.05, 3.63) is 182 Å². The van der Waals surface area contributed by atoms with Crippen LogP contribution >= 0.6 is 0 Å². The van der Waals surface area contributed by atoms with Gasteiger partial charge >= 0.3 is 0 Å². The van der Waals surface area contributed by atoms with Crippen LogP contribution in [0.3, 0.4) is 0 Å². The predicted molar refractivity (Wildman–Crippen MR) is 230 cm³/mol. The molecule has 0 fully saturated rings. The van der Waals surface area contributed by atoms with Gasteiger partial charge in [-0.15, -0.1) is 0 Å². The van der Waals surface area contributed by atoms with E-state index >= 15 is 0 Å². The molecule has 1 aliphatic rings. The summed E-state index contributed by atoms with van der Waals surface area (Å²) < 4.78 is 11.6. The van der Waals surface area contributed by atoms with E-state index < -0.39 is 0 Å². The molecule has 0 radical (unpaired) electrons. The third kappa shape index (κ3) is 3.79. The van der Waals surface area contributed by atoms with Gasteiger partial charge in [-0.25, -0.2) is 0 Å². The first kappa shape index (κ1) is 29.1. The zero-order chi connectivity index (χ0) is 35.8. The molecule has 0 unspecified atom stereocenters. The second-order valence-electron chi connectivity index (χ2n) is 14.8. The molecular formula is C52H30N2O. The van der Waals surface area contributed by atoms with E-state index in [1.807, 2.05) is 0 Å². The Morgan fingerprint density at radius 3 is 1.89 bits per heavy atom. The smallest absolute Gasteiger partial charge is 0.136 e. The van der Waals surface area contributed by atoms with Gasteiger partial charge in [0.25, 0.3) is 0 Å². The van der Waals surface area contributed by atoms with Crippen LogP contribution in [-0.2, 0) is 0 Å². The molecule has 3 nitrogen and oxygen atoms in total. The van der Waals surface area contributed by atoms with Crippen LogP contribution in [0.5, 0.6) is 0 Å². The van der Waals surface area contributed by atoms with Gasteiger partial charge < -0.3 is 13.6 Å². The molecule has 3 aromatic heterocycles. The molecule has 55 heavy (non-hydrogen) atoms. The first-order valence-corrected chi connectivity index (χ1v) is 18.9. The summed E-state index contributed by atoms with van der Waals surface area (Å²) in [5, 5.41) is 9.72. The Labute approximate surface area is 315 Å². The average molecular weight is 699 g/mol. The third-order valence-electron chi connectivity index (χ3n) is 12.0. The molecule has 0 saturated carbocycles. The number of aromatic nitrogens is 2. The van der Waals surface area contributed by atoms with Crippen LogP contribution in [0.15, 0.2) is 186 Å². The number of para-hydroxylation sites is 2. The summed E-state index contributed by atoms with van der Waals surface area (Å²) in [5.41, 5.74) is 16.4. The first-order valence-electron chi connectivity index (χ1n) is 18.9. The SMILES string of the molecule is c1ccc(-c2cccc(-n3c4ccccc4c4ccc5c6c7c(ccc6n(-c6ccc8c9c(cccc69)-c6ccccc6-8)c5c43)oc3ccccc37)c2)cc1. The Morgan fingerprint density at radius 1 is 0.327 bits per heavy atom. The molecule has 13 rings (SSSR count). The van der Waals surface area contributed by atoms with E-state index in [1.54, 1.807) is 0 Å². The summed E-state index contributed by atoms with van der Waals surface area (Å²) in [6.45, 7) is 0. The Kier molecular flexibility index (Phi) is 5.63. The number of nitrogens with zero attached hydrogens (tertiary/aromatic N) is 2. The lowest BCUT2D eigenvalue weighted by Gasteiger charge is -2.16. The van der Waals surface area contributed by atoms with Gasteiger partial charge in [0.05, 0.1) is 27.8 Å².